The van der Waals surface area contributed by atoms with Gasteiger partial charge in [-0.25, -0.2) is 9.59 Å². The molecule has 0 saturated carbocycles. The van der Waals surface area contributed by atoms with Crippen LogP contribution in [0.15, 0.2) is 48.5 Å². The second-order valence-corrected chi connectivity index (χ2v) is 7.84. The third kappa shape index (κ3) is 5.63. The number of rotatable bonds is 7. The van der Waals surface area contributed by atoms with Crippen LogP contribution in [0.1, 0.15) is 35.3 Å². The Balaban J connectivity index is 1.62. The van der Waals surface area contributed by atoms with Gasteiger partial charge in [-0.2, -0.15) is 0 Å². The first kappa shape index (κ1) is 22.3. The molecule has 0 fully saturated rings. The number of carbonyl (C=O) groups is 3. The predicted molar refractivity (Wildman–Crippen MR) is 114 cm³/mol. The molecule has 1 aliphatic heterocycles. The van der Waals surface area contributed by atoms with Gasteiger partial charge in [-0.3, -0.25) is 4.79 Å². The van der Waals surface area contributed by atoms with E-state index in [9.17, 15) is 14.4 Å². The zero-order chi connectivity index (χ0) is 22.4. The normalized spacial score (nSPS) is 15.2. The van der Waals surface area contributed by atoms with Gasteiger partial charge in [-0.05, 0) is 41.3 Å². The summed E-state index contributed by atoms with van der Waals surface area (Å²) < 4.78 is 15.7. The van der Waals surface area contributed by atoms with Crippen LogP contribution in [-0.2, 0) is 32.0 Å². The fourth-order valence-corrected chi connectivity index (χ4v) is 3.38. The first-order valence-electron chi connectivity index (χ1n) is 10.2. The van der Waals surface area contributed by atoms with E-state index in [4.69, 9.17) is 14.2 Å². The summed E-state index contributed by atoms with van der Waals surface area (Å²) in [5.41, 5.74) is 2.27. The van der Waals surface area contributed by atoms with Gasteiger partial charge in [0.05, 0.1) is 19.3 Å². The van der Waals surface area contributed by atoms with Crippen molar-refractivity contribution in [3.8, 4) is 5.75 Å². The molecule has 7 nitrogen and oxygen atoms in total. The Bertz CT molecular complexity index is 937. The lowest BCUT2D eigenvalue weighted by atomic mass is 9.94. The summed E-state index contributed by atoms with van der Waals surface area (Å²) >= 11 is 0. The van der Waals surface area contributed by atoms with Crippen LogP contribution in [0.5, 0.6) is 5.75 Å². The van der Waals surface area contributed by atoms with Crippen molar-refractivity contribution in [2.75, 3.05) is 20.3 Å². The van der Waals surface area contributed by atoms with Crippen LogP contribution in [0.25, 0.3) is 0 Å². The lowest BCUT2D eigenvalue weighted by Crippen LogP contribution is -2.50. The number of hydrogen-bond donors (Lipinski definition) is 0. The van der Waals surface area contributed by atoms with Crippen molar-refractivity contribution >= 4 is 17.8 Å². The van der Waals surface area contributed by atoms with Crippen molar-refractivity contribution in [3.63, 3.8) is 0 Å². The van der Waals surface area contributed by atoms with Crippen LogP contribution in [-0.4, -0.2) is 49.1 Å². The predicted octanol–water partition coefficient (Wildman–Crippen LogP) is 3.00. The fourth-order valence-electron chi connectivity index (χ4n) is 3.38. The topological polar surface area (TPSA) is 82.1 Å². The molecular weight excluding hydrogens is 398 g/mol. The number of carbonyl (C=O) groups excluding carboxylic acids is 3. The van der Waals surface area contributed by atoms with Gasteiger partial charge in [-0.15, -0.1) is 0 Å². The van der Waals surface area contributed by atoms with Crippen LogP contribution < -0.4 is 4.74 Å². The number of benzene rings is 2. The summed E-state index contributed by atoms with van der Waals surface area (Å²) in [6.45, 7) is 4.48. The Morgan fingerprint density at radius 1 is 1.03 bits per heavy atom. The molecule has 0 aliphatic carbocycles. The highest BCUT2D eigenvalue weighted by Crippen LogP contribution is 2.24. The molecule has 2 aromatic carbocycles. The monoisotopic (exact) mass is 425 g/mol. The van der Waals surface area contributed by atoms with E-state index >= 15 is 0 Å². The molecule has 1 amide bonds. The highest BCUT2D eigenvalue weighted by atomic mass is 16.5. The molecule has 1 heterocycles. The van der Waals surface area contributed by atoms with E-state index in [-0.39, 0.29) is 6.54 Å². The SMILES string of the molecule is COC(=O)[C@@H]1Cc2ccccc2CN1C(=O)COC(=O)c1ccc(OCC(C)C)cc1. The maximum absolute atomic E-state index is 12.8. The molecule has 3 rings (SSSR count). The van der Waals surface area contributed by atoms with Crippen LogP contribution >= 0.6 is 0 Å². The summed E-state index contributed by atoms with van der Waals surface area (Å²) in [6, 6.07) is 13.4. The van der Waals surface area contributed by atoms with Crippen LogP contribution in [0.2, 0.25) is 0 Å². The number of methoxy groups -OCH3 is 1. The summed E-state index contributed by atoms with van der Waals surface area (Å²) in [4.78, 5) is 38.8. The number of fused-ring (bicyclic) bond motifs is 1. The maximum Gasteiger partial charge on any atom is 0.338 e. The van der Waals surface area contributed by atoms with E-state index in [1.165, 1.54) is 12.0 Å². The number of amides is 1. The van der Waals surface area contributed by atoms with Gasteiger partial charge >= 0.3 is 11.9 Å². The smallest absolute Gasteiger partial charge is 0.338 e. The van der Waals surface area contributed by atoms with Crippen molar-refractivity contribution in [1.82, 2.24) is 4.90 Å². The molecule has 0 spiro atoms. The molecule has 1 atom stereocenters. The van der Waals surface area contributed by atoms with E-state index in [2.05, 4.69) is 13.8 Å². The Morgan fingerprint density at radius 3 is 2.35 bits per heavy atom. The number of hydrogen-bond acceptors (Lipinski definition) is 6. The highest BCUT2D eigenvalue weighted by Gasteiger charge is 2.35. The van der Waals surface area contributed by atoms with Crippen molar-refractivity contribution in [2.45, 2.75) is 32.9 Å². The number of esters is 2. The molecule has 0 N–H and O–H groups in total. The minimum absolute atomic E-state index is 0.258. The molecule has 31 heavy (non-hydrogen) atoms. The lowest BCUT2D eigenvalue weighted by Gasteiger charge is -2.35. The second-order valence-electron chi connectivity index (χ2n) is 7.84. The Labute approximate surface area is 181 Å². The maximum atomic E-state index is 12.8. The minimum Gasteiger partial charge on any atom is -0.493 e. The van der Waals surface area contributed by atoms with Crippen molar-refractivity contribution in [2.24, 2.45) is 5.92 Å². The number of ether oxygens (including phenoxy) is 3. The fraction of sp³-hybridized carbons (Fsp3) is 0.375. The largest absolute Gasteiger partial charge is 0.493 e. The van der Waals surface area contributed by atoms with Crippen LogP contribution in [0.3, 0.4) is 0 Å². The third-order valence-electron chi connectivity index (χ3n) is 5.04. The van der Waals surface area contributed by atoms with Crippen LogP contribution in [0, 0.1) is 5.92 Å². The van der Waals surface area contributed by atoms with Crippen LogP contribution in [0.4, 0.5) is 0 Å². The molecule has 0 bridgehead atoms. The molecule has 0 unspecified atom stereocenters. The molecular formula is C24H27NO6. The molecule has 0 radical (unpaired) electrons. The molecule has 0 saturated heterocycles. The minimum atomic E-state index is -0.747. The Morgan fingerprint density at radius 2 is 1.71 bits per heavy atom. The summed E-state index contributed by atoms with van der Waals surface area (Å²) in [6.07, 6.45) is 0.361. The highest BCUT2D eigenvalue weighted by molar-refractivity contribution is 5.92. The van der Waals surface area contributed by atoms with Gasteiger partial charge < -0.3 is 19.1 Å². The number of nitrogens with zero attached hydrogens (tertiary/aromatic N) is 1. The molecule has 0 aromatic heterocycles. The second kappa shape index (κ2) is 10.1. The zero-order valence-corrected chi connectivity index (χ0v) is 18.0. The van der Waals surface area contributed by atoms with E-state index in [1.54, 1.807) is 24.3 Å². The molecule has 7 heteroatoms. The average molecular weight is 425 g/mol. The quantitative estimate of drug-likeness (QED) is 0.635. The first-order chi connectivity index (χ1) is 14.9. The summed E-state index contributed by atoms with van der Waals surface area (Å²) in [7, 11) is 1.29. The standard InChI is InChI=1S/C24H27NO6/c1-16(2)14-30-20-10-8-17(9-11-20)23(27)31-15-22(26)25-13-19-7-5-4-6-18(19)12-21(25)24(28)29-3/h4-11,16,21H,12-15H2,1-3H3/t21-/m0/s1. The molecule has 1 aliphatic rings. The Kier molecular flexibility index (Phi) is 7.28. The van der Waals surface area contributed by atoms with Gasteiger partial charge in [0.1, 0.15) is 11.8 Å². The molecule has 164 valence electrons. The van der Waals surface area contributed by atoms with E-state index in [0.717, 1.165) is 11.1 Å². The van der Waals surface area contributed by atoms with E-state index in [1.807, 2.05) is 24.3 Å². The Hall–Kier alpha value is -3.35. The van der Waals surface area contributed by atoms with Crippen molar-refractivity contribution in [3.05, 3.63) is 65.2 Å². The summed E-state index contributed by atoms with van der Waals surface area (Å²) in [5, 5.41) is 0. The zero-order valence-electron chi connectivity index (χ0n) is 18.0. The first-order valence-corrected chi connectivity index (χ1v) is 10.2. The van der Waals surface area contributed by atoms with E-state index in [0.29, 0.717) is 30.3 Å². The van der Waals surface area contributed by atoms with Gasteiger partial charge in [0, 0.05) is 13.0 Å². The van der Waals surface area contributed by atoms with Gasteiger partial charge in [0.2, 0.25) is 0 Å². The average Bonchev–Trinajstić information content (AvgIpc) is 2.79. The van der Waals surface area contributed by atoms with Crippen molar-refractivity contribution in [1.29, 1.82) is 0 Å². The van der Waals surface area contributed by atoms with Crippen molar-refractivity contribution < 1.29 is 28.6 Å². The summed E-state index contributed by atoms with van der Waals surface area (Å²) in [5.74, 6) is -0.502. The van der Waals surface area contributed by atoms with Gasteiger partial charge in [-0.1, -0.05) is 38.1 Å². The van der Waals surface area contributed by atoms with Gasteiger partial charge in [0.15, 0.2) is 6.61 Å². The molecule has 2 aromatic rings. The van der Waals surface area contributed by atoms with Gasteiger partial charge in [0.25, 0.3) is 5.91 Å². The van der Waals surface area contributed by atoms with E-state index < -0.39 is 30.5 Å². The lowest BCUT2D eigenvalue weighted by molar-refractivity contribution is -0.155. The third-order valence-corrected chi connectivity index (χ3v) is 5.04.